The summed E-state index contributed by atoms with van der Waals surface area (Å²) < 4.78 is 44.1. The first-order valence-electron chi connectivity index (χ1n) is 24.2. The minimum absolute atomic E-state index is 0.0603. The lowest BCUT2D eigenvalue weighted by Gasteiger charge is -2.70. The molecule has 1 spiro atoms. The number of hydrogen-bond donors (Lipinski definition) is 3. The van der Waals surface area contributed by atoms with Crippen molar-refractivity contribution in [2.75, 3.05) is 55.2 Å². The second-order valence-electron chi connectivity index (χ2n) is 19.6. The van der Waals surface area contributed by atoms with Gasteiger partial charge in [-0.05, 0) is 81.7 Å². The highest BCUT2D eigenvalue weighted by Crippen LogP contribution is 2.80. The van der Waals surface area contributed by atoms with Crippen molar-refractivity contribution < 1.29 is 58.1 Å². The van der Waals surface area contributed by atoms with Gasteiger partial charge in [0.2, 0.25) is 0 Å². The Hall–Kier alpha value is -2.88. The van der Waals surface area contributed by atoms with Gasteiger partial charge in [-0.1, -0.05) is 70.3 Å². The van der Waals surface area contributed by atoms with Gasteiger partial charge in [0.15, 0.2) is 5.60 Å². The summed E-state index contributed by atoms with van der Waals surface area (Å²) in [6.07, 6.45) is 14.9. The molecule has 1 saturated heterocycles. The molecule has 0 radical (unpaired) electrons. The first-order valence-corrected chi connectivity index (χ1v) is 24.2. The lowest BCUT2D eigenvalue weighted by Crippen LogP contribution is -2.81. The summed E-state index contributed by atoms with van der Waals surface area (Å²) in [6.45, 7) is 5.60. The Labute approximate surface area is 381 Å². The molecule has 1 aromatic rings. The topological polar surface area (TPSA) is 163 Å². The molecule has 6 fully saturated rings. The molecule has 5 saturated carbocycles. The maximum atomic E-state index is 14.6. The molecule has 64 heavy (non-hydrogen) atoms. The van der Waals surface area contributed by atoms with Crippen molar-refractivity contribution in [3.05, 3.63) is 54.1 Å². The van der Waals surface area contributed by atoms with E-state index in [4.69, 9.17) is 33.2 Å². The summed E-state index contributed by atoms with van der Waals surface area (Å²) >= 11 is 0. The summed E-state index contributed by atoms with van der Waals surface area (Å²) in [7, 11) is 7.92. The predicted molar refractivity (Wildman–Crippen MR) is 241 cm³/mol. The molecule has 1 heterocycles. The number of unbranched alkanes of at least 4 members (excludes halogenated alkanes) is 8. The number of rotatable bonds is 24. The molecular formula is C51H77NO12. The number of hydrogen-bond acceptors (Lipinski definition) is 13. The molecule has 13 heteroatoms. The monoisotopic (exact) mass is 896 g/mol. The lowest BCUT2D eigenvalue weighted by molar-refractivity contribution is -0.323. The van der Waals surface area contributed by atoms with Crippen molar-refractivity contribution >= 4 is 11.9 Å². The van der Waals surface area contributed by atoms with Crippen LogP contribution in [0.2, 0.25) is 0 Å². The molecule has 7 rings (SSSR count). The van der Waals surface area contributed by atoms with Gasteiger partial charge in [-0.25, -0.2) is 4.79 Å². The van der Waals surface area contributed by atoms with Gasteiger partial charge in [0, 0.05) is 82.5 Å². The van der Waals surface area contributed by atoms with Gasteiger partial charge in [0.1, 0.15) is 29.7 Å². The number of fused-ring (bicyclic) bond motifs is 2. The highest BCUT2D eigenvalue weighted by molar-refractivity contribution is 5.89. The number of carbonyl (C=O) groups is 2. The number of piperidine rings is 1. The second kappa shape index (κ2) is 20.6. The standard InChI is InChI=1S/C51H77NO12/c1-8-10-11-12-13-14-15-16-17-18-19-20-21-22-23-24-38(54)64-51-39-35(30-49(57,46(62-7)44(51)55)45(39)63-47(56)33-25-27-34(59-4)28-26-33)50-37(60-5)29-36(53)48(32-58-3)31-52(9-2)43(50)40(51)41(61-6)42(48)50/h13-14,16-17,25-28,35-37,39-46,53,55,57H,8-12,15,18-24,29-32H2,1-7H3/b14-13+,17-16+. The summed E-state index contributed by atoms with van der Waals surface area (Å²) in [6, 6.07) is 6.18. The minimum atomic E-state index is -1.88. The summed E-state index contributed by atoms with van der Waals surface area (Å²) in [5.41, 5.74) is -5.02. The molecular weight excluding hydrogens is 819 g/mol. The van der Waals surface area contributed by atoms with Crippen molar-refractivity contribution in [1.82, 2.24) is 4.90 Å². The number of benzene rings is 1. The third kappa shape index (κ3) is 7.89. The number of likely N-dealkylation sites (tertiary alicyclic amines) is 1. The predicted octanol–water partition coefficient (Wildman–Crippen LogP) is 6.45. The van der Waals surface area contributed by atoms with E-state index in [-0.39, 0.29) is 31.1 Å². The fraction of sp³-hybridized carbons (Fsp3) is 0.765. The smallest absolute Gasteiger partial charge is 0.338 e. The zero-order valence-electron chi connectivity index (χ0n) is 39.5. The Kier molecular flexibility index (Phi) is 15.7. The van der Waals surface area contributed by atoms with Crippen molar-refractivity contribution in [3.63, 3.8) is 0 Å². The van der Waals surface area contributed by atoms with Gasteiger partial charge in [0.05, 0.1) is 37.6 Å². The Morgan fingerprint density at radius 2 is 1.52 bits per heavy atom. The van der Waals surface area contributed by atoms with Crippen LogP contribution in [0.3, 0.4) is 0 Å². The summed E-state index contributed by atoms with van der Waals surface area (Å²) in [5.74, 6) is -3.10. The SMILES string of the molecule is CCCCC/C=C/C/C=C/CCCCCCCC(=O)OC12C(O)C(OC)C3(O)CC(C1C3OC(=O)c1ccc(OC)cc1)C13C(OC)CC(O)C4(COC)CN(CC)C1C2C(OC)C43. The van der Waals surface area contributed by atoms with E-state index in [0.29, 0.717) is 31.7 Å². The lowest BCUT2D eigenvalue weighted by atomic mass is 9.42. The fourth-order valence-electron chi connectivity index (χ4n) is 14.5. The van der Waals surface area contributed by atoms with Gasteiger partial charge in [0.25, 0.3) is 0 Å². The second-order valence-corrected chi connectivity index (χ2v) is 19.6. The molecule has 3 N–H and O–H groups in total. The number of aliphatic hydroxyl groups excluding tert-OH is 2. The third-order valence-electron chi connectivity index (χ3n) is 16.8. The van der Waals surface area contributed by atoms with Gasteiger partial charge in [-0.3, -0.25) is 9.69 Å². The summed E-state index contributed by atoms with van der Waals surface area (Å²) in [4.78, 5) is 31.2. The Balaban J connectivity index is 1.20. The normalized spacial score (nSPS) is 39.4. The largest absolute Gasteiger partial charge is 0.497 e. The van der Waals surface area contributed by atoms with Crippen molar-refractivity contribution in [1.29, 1.82) is 0 Å². The van der Waals surface area contributed by atoms with Gasteiger partial charge in [-0.15, -0.1) is 0 Å². The summed E-state index contributed by atoms with van der Waals surface area (Å²) in [5, 5.41) is 38.5. The molecule has 7 bridgehead atoms. The number of carbonyl (C=O) groups excluding carboxylic acids is 2. The molecule has 0 aromatic heterocycles. The molecule has 358 valence electrons. The van der Waals surface area contributed by atoms with Crippen LogP contribution in [0.25, 0.3) is 0 Å². The van der Waals surface area contributed by atoms with Crippen LogP contribution < -0.4 is 4.74 Å². The Morgan fingerprint density at radius 3 is 2.14 bits per heavy atom. The van der Waals surface area contributed by atoms with Crippen LogP contribution in [0.5, 0.6) is 5.75 Å². The van der Waals surface area contributed by atoms with Crippen LogP contribution in [0.4, 0.5) is 0 Å². The zero-order valence-corrected chi connectivity index (χ0v) is 39.5. The van der Waals surface area contributed by atoms with E-state index in [1.807, 2.05) is 0 Å². The number of ether oxygens (including phenoxy) is 7. The number of esters is 2. The van der Waals surface area contributed by atoms with Gasteiger partial charge in [-0.2, -0.15) is 0 Å². The molecule has 13 nitrogen and oxygen atoms in total. The number of methoxy groups -OCH3 is 5. The third-order valence-corrected chi connectivity index (χ3v) is 16.8. The first kappa shape index (κ1) is 49.0. The maximum absolute atomic E-state index is 14.6. The minimum Gasteiger partial charge on any atom is -0.497 e. The van der Waals surface area contributed by atoms with E-state index in [1.165, 1.54) is 26.4 Å². The fourth-order valence-corrected chi connectivity index (χ4v) is 14.5. The van der Waals surface area contributed by atoms with Crippen LogP contribution >= 0.6 is 0 Å². The van der Waals surface area contributed by atoms with E-state index >= 15 is 0 Å². The number of allylic oxidation sites excluding steroid dienone is 4. The maximum Gasteiger partial charge on any atom is 0.338 e. The quantitative estimate of drug-likeness (QED) is 0.0591. The van der Waals surface area contributed by atoms with Crippen LogP contribution in [0.1, 0.15) is 114 Å². The average Bonchev–Trinajstić information content (AvgIpc) is 3.67. The van der Waals surface area contributed by atoms with Crippen molar-refractivity contribution in [2.24, 2.45) is 34.5 Å². The van der Waals surface area contributed by atoms with Crippen molar-refractivity contribution in [2.45, 2.75) is 158 Å². The van der Waals surface area contributed by atoms with Gasteiger partial charge < -0.3 is 48.5 Å². The van der Waals surface area contributed by atoms with E-state index in [0.717, 1.165) is 44.9 Å². The van der Waals surface area contributed by atoms with Crippen molar-refractivity contribution in [3.8, 4) is 5.75 Å². The van der Waals surface area contributed by atoms with Crippen LogP contribution in [-0.4, -0.2) is 141 Å². The average molecular weight is 896 g/mol. The van der Waals surface area contributed by atoms with Gasteiger partial charge >= 0.3 is 11.9 Å². The van der Waals surface area contributed by atoms with E-state index < -0.39 is 94.3 Å². The van der Waals surface area contributed by atoms with E-state index in [1.54, 1.807) is 52.7 Å². The molecule has 6 aliphatic rings. The highest BCUT2D eigenvalue weighted by Gasteiger charge is 2.92. The van der Waals surface area contributed by atoms with E-state index in [9.17, 15) is 24.9 Å². The first-order chi connectivity index (χ1) is 31.0. The van der Waals surface area contributed by atoms with Crippen LogP contribution in [-0.2, 0) is 33.2 Å². The molecule has 0 amide bonds. The molecule has 15 unspecified atom stereocenters. The number of aliphatic hydroxyl groups is 3. The molecule has 15 atom stereocenters. The Morgan fingerprint density at radius 1 is 0.828 bits per heavy atom. The van der Waals surface area contributed by atoms with Crippen LogP contribution in [0, 0.1) is 34.5 Å². The van der Waals surface area contributed by atoms with E-state index in [2.05, 4.69) is 43.1 Å². The molecule has 1 aliphatic heterocycles. The zero-order chi connectivity index (χ0) is 45.9. The molecule has 5 aliphatic carbocycles. The molecule has 1 aromatic carbocycles. The highest BCUT2D eigenvalue weighted by atomic mass is 16.6. The van der Waals surface area contributed by atoms with Crippen LogP contribution in [0.15, 0.2) is 48.6 Å². The Bertz CT molecular complexity index is 1790. The number of nitrogens with zero attached hydrogens (tertiary/aromatic N) is 1.